The van der Waals surface area contributed by atoms with Crippen LogP contribution in [0, 0.1) is 13.8 Å². The Morgan fingerprint density at radius 1 is 0.880 bits per heavy atom. The first-order chi connectivity index (χ1) is 11.7. The number of phenolic OH excluding ortho intramolecular Hbond substituents is 1. The first-order valence-corrected chi connectivity index (χ1v) is 9.40. The molecule has 0 saturated carbocycles. The quantitative estimate of drug-likeness (QED) is 0.637. The molecule has 0 radical (unpaired) electrons. The van der Waals surface area contributed by atoms with Gasteiger partial charge in [0, 0.05) is 10.7 Å². The lowest BCUT2D eigenvalue weighted by atomic mass is 9.90. The number of halogens is 3. The summed E-state index contributed by atoms with van der Waals surface area (Å²) < 4.78 is 40.5. The summed E-state index contributed by atoms with van der Waals surface area (Å²) in [5.41, 5.74) is 1.57. The summed E-state index contributed by atoms with van der Waals surface area (Å²) in [6, 6.07) is 9.85. The van der Waals surface area contributed by atoms with Crippen molar-refractivity contribution in [3.8, 4) is 5.75 Å². The molecule has 1 nitrogen and oxygen atoms in total. The van der Waals surface area contributed by atoms with Gasteiger partial charge in [-0.2, -0.15) is 13.2 Å². The fourth-order valence-electron chi connectivity index (χ4n) is 3.23. The van der Waals surface area contributed by atoms with E-state index in [2.05, 4.69) is 0 Å². The van der Waals surface area contributed by atoms with Crippen molar-refractivity contribution in [1.82, 2.24) is 0 Å². The molecule has 2 rings (SSSR count). The van der Waals surface area contributed by atoms with Crippen LogP contribution < -0.4 is 5.30 Å². The topological polar surface area (TPSA) is 20.2 Å². The van der Waals surface area contributed by atoms with E-state index in [-0.39, 0.29) is 14.3 Å². The number of rotatable bonds is 5. The molecule has 1 atom stereocenters. The zero-order valence-electron chi connectivity index (χ0n) is 15.0. The van der Waals surface area contributed by atoms with Gasteiger partial charge in [0.15, 0.2) is 0 Å². The van der Waals surface area contributed by atoms with Gasteiger partial charge in [0.25, 0.3) is 0 Å². The van der Waals surface area contributed by atoms with E-state index in [0.29, 0.717) is 23.7 Å². The normalized spacial score (nSPS) is 12.9. The van der Waals surface area contributed by atoms with Crippen molar-refractivity contribution < 1.29 is 18.3 Å². The van der Waals surface area contributed by atoms with Crippen molar-refractivity contribution in [2.45, 2.75) is 51.9 Å². The Kier molecular flexibility index (Phi) is 5.83. The molecule has 0 fully saturated rings. The minimum atomic E-state index is -4.38. The number of para-hydroxylation sites is 1. The van der Waals surface area contributed by atoms with Crippen molar-refractivity contribution in [3.05, 3.63) is 58.7 Å². The third-order valence-electron chi connectivity index (χ3n) is 4.90. The van der Waals surface area contributed by atoms with Gasteiger partial charge in [0.05, 0.1) is 5.56 Å². The summed E-state index contributed by atoms with van der Waals surface area (Å²) in [5, 5.41) is 10.4. The van der Waals surface area contributed by atoms with Crippen LogP contribution in [-0.2, 0) is 11.3 Å². The van der Waals surface area contributed by atoms with Crippen molar-refractivity contribution in [2.24, 2.45) is 0 Å². The highest BCUT2D eigenvalue weighted by Crippen LogP contribution is 2.51. The van der Waals surface area contributed by atoms with E-state index in [1.165, 1.54) is 6.07 Å². The lowest BCUT2D eigenvalue weighted by Crippen LogP contribution is -2.26. The van der Waals surface area contributed by atoms with Crippen molar-refractivity contribution in [2.75, 3.05) is 0 Å². The number of hydrogen-bond donors (Lipinski definition) is 1. The number of benzene rings is 2. The molecule has 2 aromatic rings. The third kappa shape index (κ3) is 3.84. The summed E-state index contributed by atoms with van der Waals surface area (Å²) in [7, 11) is -0.0727. The molecule has 136 valence electrons. The van der Waals surface area contributed by atoms with Gasteiger partial charge in [-0.1, -0.05) is 52.8 Å². The highest BCUT2D eigenvalue weighted by molar-refractivity contribution is 7.48. The standard InChI is InChI=1S/C20H24F3OP/c1-5-19(6-2,15-11-7-9-13(3)17(15)24)25-18-14(4)10-8-12-16(18)20(21,22)23/h7-12,24-25H,5-6H2,1-4H3. The van der Waals surface area contributed by atoms with Crippen LogP contribution in [-0.4, -0.2) is 5.11 Å². The van der Waals surface area contributed by atoms with E-state index in [1.807, 2.05) is 39.0 Å². The fourth-order valence-corrected chi connectivity index (χ4v) is 5.04. The van der Waals surface area contributed by atoms with Crippen LogP contribution in [0.5, 0.6) is 5.75 Å². The second-order valence-corrected chi connectivity index (χ2v) is 8.09. The van der Waals surface area contributed by atoms with Crippen molar-refractivity contribution in [1.29, 1.82) is 0 Å². The highest BCUT2D eigenvalue weighted by Gasteiger charge is 2.38. The van der Waals surface area contributed by atoms with E-state index >= 15 is 0 Å². The van der Waals surface area contributed by atoms with Crippen molar-refractivity contribution in [3.63, 3.8) is 0 Å². The minimum absolute atomic E-state index is 0.0727. The second-order valence-electron chi connectivity index (χ2n) is 6.38. The molecule has 0 bridgehead atoms. The largest absolute Gasteiger partial charge is 0.507 e. The van der Waals surface area contributed by atoms with Gasteiger partial charge in [0.2, 0.25) is 0 Å². The molecule has 25 heavy (non-hydrogen) atoms. The summed E-state index contributed by atoms with van der Waals surface area (Å²) >= 11 is 0. The van der Waals surface area contributed by atoms with E-state index in [4.69, 9.17) is 0 Å². The summed E-state index contributed by atoms with van der Waals surface area (Å²) in [5.74, 6) is 0.195. The average molecular weight is 368 g/mol. The monoisotopic (exact) mass is 368 g/mol. The number of alkyl halides is 3. The van der Waals surface area contributed by atoms with E-state index < -0.39 is 16.9 Å². The summed E-state index contributed by atoms with van der Waals surface area (Å²) in [4.78, 5) is 0. The molecule has 2 aromatic carbocycles. The highest BCUT2D eigenvalue weighted by atomic mass is 31.1. The molecule has 0 aliphatic carbocycles. The zero-order chi connectivity index (χ0) is 18.8. The molecule has 0 spiro atoms. The molecule has 0 heterocycles. The smallest absolute Gasteiger partial charge is 0.417 e. The molecular weight excluding hydrogens is 344 g/mol. The number of phenols is 1. The van der Waals surface area contributed by atoms with Gasteiger partial charge < -0.3 is 5.11 Å². The van der Waals surface area contributed by atoms with E-state index in [0.717, 1.165) is 17.2 Å². The van der Waals surface area contributed by atoms with Gasteiger partial charge in [-0.3, -0.25) is 0 Å². The maximum Gasteiger partial charge on any atom is 0.417 e. The maximum atomic E-state index is 13.5. The van der Waals surface area contributed by atoms with Crippen LogP contribution in [0.4, 0.5) is 13.2 Å². The molecule has 0 aliphatic heterocycles. The average Bonchev–Trinajstić information content (AvgIpc) is 2.56. The molecule has 5 heteroatoms. The predicted molar refractivity (Wildman–Crippen MR) is 99.2 cm³/mol. The van der Waals surface area contributed by atoms with Crippen LogP contribution >= 0.6 is 8.58 Å². The van der Waals surface area contributed by atoms with Gasteiger partial charge in [-0.05, 0) is 49.2 Å². The van der Waals surface area contributed by atoms with Gasteiger partial charge in [0.1, 0.15) is 5.75 Å². The van der Waals surface area contributed by atoms with Crippen LogP contribution in [0.15, 0.2) is 36.4 Å². The molecule has 0 saturated heterocycles. The Hall–Kier alpha value is -1.54. The van der Waals surface area contributed by atoms with Crippen LogP contribution in [0.25, 0.3) is 0 Å². The van der Waals surface area contributed by atoms with Gasteiger partial charge in [-0.15, -0.1) is 0 Å². The number of hydrogen-bond acceptors (Lipinski definition) is 1. The third-order valence-corrected chi connectivity index (χ3v) is 7.27. The Morgan fingerprint density at radius 2 is 1.40 bits per heavy atom. The van der Waals surface area contributed by atoms with Crippen LogP contribution in [0.3, 0.4) is 0 Å². The molecule has 0 aromatic heterocycles. The van der Waals surface area contributed by atoms with E-state index in [1.54, 1.807) is 13.0 Å². The van der Waals surface area contributed by atoms with Gasteiger partial charge in [-0.25, -0.2) is 0 Å². The second kappa shape index (κ2) is 7.37. The fraction of sp³-hybridized carbons (Fsp3) is 0.400. The lowest BCUT2D eigenvalue weighted by molar-refractivity contribution is -0.136. The first kappa shape index (κ1) is 19.8. The maximum absolute atomic E-state index is 13.5. The Labute approximate surface area is 149 Å². The van der Waals surface area contributed by atoms with Crippen LogP contribution in [0.2, 0.25) is 0 Å². The summed E-state index contributed by atoms with van der Waals surface area (Å²) in [6.45, 7) is 7.49. The van der Waals surface area contributed by atoms with E-state index in [9.17, 15) is 18.3 Å². The molecule has 1 N–H and O–H groups in total. The van der Waals surface area contributed by atoms with Crippen molar-refractivity contribution >= 4 is 13.9 Å². The minimum Gasteiger partial charge on any atom is -0.507 e. The molecular formula is C20H24F3OP. The Balaban J connectivity index is 2.64. The molecule has 1 unspecified atom stereocenters. The number of aryl methyl sites for hydroxylation is 2. The van der Waals surface area contributed by atoms with Gasteiger partial charge >= 0.3 is 6.18 Å². The SMILES string of the molecule is CCC(CC)(Pc1c(C)cccc1C(F)(F)F)c1cccc(C)c1O. The molecule has 0 amide bonds. The van der Waals surface area contributed by atoms with Crippen LogP contribution in [0.1, 0.15) is 48.9 Å². The first-order valence-electron chi connectivity index (χ1n) is 8.40. The molecule has 0 aliphatic rings. The lowest BCUT2D eigenvalue weighted by Gasteiger charge is -2.35. The zero-order valence-corrected chi connectivity index (χ0v) is 16.0. The predicted octanol–water partition coefficient (Wildman–Crippen LogP) is 6.05. The number of aromatic hydroxyl groups is 1. The Morgan fingerprint density at radius 3 is 1.92 bits per heavy atom. The Bertz CT molecular complexity index is 749. The summed E-state index contributed by atoms with van der Waals surface area (Å²) in [6.07, 6.45) is -3.06.